The van der Waals surface area contributed by atoms with Crippen molar-refractivity contribution in [2.24, 2.45) is 0 Å². The van der Waals surface area contributed by atoms with E-state index in [9.17, 15) is 13.5 Å². The molecular formula is C12H19NO3S. The maximum Gasteiger partial charge on any atom is 0.217 e. The van der Waals surface area contributed by atoms with E-state index in [1.165, 1.54) is 0 Å². The molecule has 2 N–H and O–H groups in total. The van der Waals surface area contributed by atoms with Gasteiger partial charge in [-0.05, 0) is 26.3 Å². The standard InChI is InChI=1S/C12H19NO3S/c1-12(2,3)17(15,16)13-11(9-14)10-7-5-4-6-8-10/h4-8,11,13-14H,9H2,1-3H3/t11-/m0/s1. The molecule has 0 aromatic heterocycles. The Morgan fingerprint density at radius 2 is 1.76 bits per heavy atom. The van der Waals surface area contributed by atoms with Gasteiger partial charge in [0.2, 0.25) is 10.0 Å². The Labute approximate surface area is 103 Å². The fraction of sp³-hybridized carbons (Fsp3) is 0.500. The van der Waals surface area contributed by atoms with E-state index in [1.807, 2.05) is 18.2 Å². The number of hydrogen-bond donors (Lipinski definition) is 2. The Balaban J connectivity index is 2.94. The lowest BCUT2D eigenvalue weighted by atomic mass is 10.1. The molecule has 0 saturated heterocycles. The van der Waals surface area contributed by atoms with Crippen LogP contribution in [-0.4, -0.2) is 24.9 Å². The van der Waals surface area contributed by atoms with Crippen LogP contribution in [0.5, 0.6) is 0 Å². The Morgan fingerprint density at radius 1 is 1.24 bits per heavy atom. The summed E-state index contributed by atoms with van der Waals surface area (Å²) in [4.78, 5) is 0. The second-order valence-corrected chi connectivity index (χ2v) is 7.35. The van der Waals surface area contributed by atoms with Crippen molar-refractivity contribution < 1.29 is 13.5 Å². The van der Waals surface area contributed by atoms with Crippen LogP contribution in [0.2, 0.25) is 0 Å². The van der Waals surface area contributed by atoms with Crippen LogP contribution < -0.4 is 4.72 Å². The highest BCUT2D eigenvalue weighted by Crippen LogP contribution is 2.19. The lowest BCUT2D eigenvalue weighted by Gasteiger charge is -2.24. The van der Waals surface area contributed by atoms with Crippen LogP contribution in [0.4, 0.5) is 0 Å². The Bertz CT molecular complexity index is 448. The highest BCUT2D eigenvalue weighted by molar-refractivity contribution is 7.90. The summed E-state index contributed by atoms with van der Waals surface area (Å²) < 4.78 is 25.6. The molecule has 96 valence electrons. The minimum absolute atomic E-state index is 0.265. The second kappa shape index (κ2) is 5.16. The molecule has 0 aliphatic carbocycles. The number of aliphatic hydroxyl groups excluding tert-OH is 1. The molecule has 0 saturated carbocycles. The smallest absolute Gasteiger partial charge is 0.217 e. The minimum Gasteiger partial charge on any atom is -0.394 e. The van der Waals surface area contributed by atoms with Gasteiger partial charge >= 0.3 is 0 Å². The summed E-state index contributed by atoms with van der Waals surface area (Å²) in [6.45, 7) is 4.59. The molecule has 1 aromatic rings. The van der Waals surface area contributed by atoms with Gasteiger partial charge in [0.25, 0.3) is 0 Å². The van der Waals surface area contributed by atoms with Crippen LogP contribution in [-0.2, 0) is 10.0 Å². The molecule has 5 heteroatoms. The lowest BCUT2D eigenvalue weighted by Crippen LogP contribution is -2.42. The van der Waals surface area contributed by atoms with Crippen molar-refractivity contribution >= 4 is 10.0 Å². The fourth-order valence-electron chi connectivity index (χ4n) is 1.26. The van der Waals surface area contributed by atoms with Crippen LogP contribution in [0.3, 0.4) is 0 Å². The van der Waals surface area contributed by atoms with E-state index in [1.54, 1.807) is 32.9 Å². The number of benzene rings is 1. The highest BCUT2D eigenvalue weighted by Gasteiger charge is 2.31. The van der Waals surface area contributed by atoms with E-state index in [4.69, 9.17) is 0 Å². The molecule has 0 amide bonds. The van der Waals surface area contributed by atoms with Crippen molar-refractivity contribution in [3.8, 4) is 0 Å². The Hall–Kier alpha value is -0.910. The molecule has 0 unspecified atom stereocenters. The third-order valence-corrected chi connectivity index (χ3v) is 4.70. The van der Waals surface area contributed by atoms with E-state index >= 15 is 0 Å². The fourth-order valence-corrected chi connectivity index (χ4v) is 2.20. The molecule has 0 fully saturated rings. The van der Waals surface area contributed by atoms with Gasteiger partial charge in [0, 0.05) is 0 Å². The van der Waals surface area contributed by atoms with Gasteiger partial charge < -0.3 is 5.11 Å². The van der Waals surface area contributed by atoms with Gasteiger partial charge in [0.15, 0.2) is 0 Å². The monoisotopic (exact) mass is 257 g/mol. The van der Waals surface area contributed by atoms with Crippen molar-refractivity contribution in [3.63, 3.8) is 0 Å². The normalized spacial score (nSPS) is 14.6. The quantitative estimate of drug-likeness (QED) is 0.857. The van der Waals surface area contributed by atoms with Crippen LogP contribution in [0.25, 0.3) is 0 Å². The van der Waals surface area contributed by atoms with Gasteiger partial charge in [-0.25, -0.2) is 13.1 Å². The zero-order valence-electron chi connectivity index (χ0n) is 10.3. The third-order valence-electron chi connectivity index (χ3n) is 2.49. The predicted molar refractivity (Wildman–Crippen MR) is 68.1 cm³/mol. The summed E-state index contributed by atoms with van der Waals surface area (Å²) in [5, 5.41) is 9.28. The number of aliphatic hydroxyl groups is 1. The van der Waals surface area contributed by atoms with E-state index in [2.05, 4.69) is 4.72 Å². The van der Waals surface area contributed by atoms with Gasteiger partial charge in [-0.2, -0.15) is 0 Å². The zero-order valence-corrected chi connectivity index (χ0v) is 11.2. The predicted octanol–water partition coefficient (Wildman–Crippen LogP) is 1.44. The van der Waals surface area contributed by atoms with Gasteiger partial charge in [-0.3, -0.25) is 0 Å². The first-order valence-corrected chi connectivity index (χ1v) is 6.94. The number of hydrogen-bond acceptors (Lipinski definition) is 3. The van der Waals surface area contributed by atoms with Crippen LogP contribution in [0.1, 0.15) is 32.4 Å². The first-order chi connectivity index (χ1) is 7.78. The van der Waals surface area contributed by atoms with Crippen molar-refractivity contribution in [1.29, 1.82) is 0 Å². The second-order valence-electron chi connectivity index (χ2n) is 4.88. The van der Waals surface area contributed by atoms with Gasteiger partial charge in [-0.15, -0.1) is 0 Å². The van der Waals surface area contributed by atoms with Crippen molar-refractivity contribution in [2.45, 2.75) is 31.6 Å². The van der Waals surface area contributed by atoms with Crippen molar-refractivity contribution in [1.82, 2.24) is 4.72 Å². The molecule has 0 aliphatic heterocycles. The summed E-state index contributed by atoms with van der Waals surface area (Å²) in [5.74, 6) is 0. The van der Waals surface area contributed by atoms with Crippen LogP contribution in [0, 0.1) is 0 Å². The number of rotatable bonds is 4. The lowest BCUT2D eigenvalue weighted by molar-refractivity contribution is 0.258. The maximum atomic E-state index is 12.0. The maximum absolute atomic E-state index is 12.0. The molecule has 17 heavy (non-hydrogen) atoms. The van der Waals surface area contributed by atoms with E-state index in [0.717, 1.165) is 5.56 Å². The summed E-state index contributed by atoms with van der Waals surface area (Å²) in [6, 6.07) is 8.43. The van der Waals surface area contributed by atoms with Crippen molar-refractivity contribution in [2.75, 3.05) is 6.61 Å². The number of sulfonamides is 1. The Morgan fingerprint density at radius 3 is 2.18 bits per heavy atom. The highest BCUT2D eigenvalue weighted by atomic mass is 32.2. The average molecular weight is 257 g/mol. The van der Waals surface area contributed by atoms with Gasteiger partial charge in [0.05, 0.1) is 17.4 Å². The number of nitrogens with one attached hydrogen (secondary N) is 1. The molecule has 0 radical (unpaired) electrons. The minimum atomic E-state index is -3.47. The first kappa shape index (κ1) is 14.2. The Kier molecular flexibility index (Phi) is 4.30. The molecule has 0 spiro atoms. The molecule has 1 rings (SSSR count). The average Bonchev–Trinajstić information content (AvgIpc) is 2.25. The summed E-state index contributed by atoms with van der Waals surface area (Å²) in [7, 11) is -3.47. The third kappa shape index (κ3) is 3.52. The van der Waals surface area contributed by atoms with E-state index < -0.39 is 20.8 Å². The molecule has 1 aromatic carbocycles. The SMILES string of the molecule is CC(C)(C)S(=O)(=O)N[C@@H](CO)c1ccccc1. The summed E-state index contributed by atoms with van der Waals surface area (Å²) in [6.07, 6.45) is 0. The van der Waals surface area contributed by atoms with E-state index in [0.29, 0.717) is 0 Å². The molecule has 1 atom stereocenters. The molecular weight excluding hydrogens is 238 g/mol. The molecule has 0 aliphatic rings. The summed E-state index contributed by atoms with van der Waals surface area (Å²) in [5.41, 5.74) is 0.753. The van der Waals surface area contributed by atoms with Crippen molar-refractivity contribution in [3.05, 3.63) is 35.9 Å². The summed E-state index contributed by atoms with van der Waals surface area (Å²) >= 11 is 0. The topological polar surface area (TPSA) is 66.4 Å². The molecule has 0 heterocycles. The molecule has 0 bridgehead atoms. The zero-order chi connectivity index (χ0) is 13.1. The first-order valence-electron chi connectivity index (χ1n) is 5.45. The van der Waals surface area contributed by atoms with Crippen LogP contribution in [0.15, 0.2) is 30.3 Å². The van der Waals surface area contributed by atoms with Gasteiger partial charge in [-0.1, -0.05) is 30.3 Å². The van der Waals surface area contributed by atoms with E-state index in [-0.39, 0.29) is 6.61 Å². The van der Waals surface area contributed by atoms with Gasteiger partial charge in [0.1, 0.15) is 0 Å². The van der Waals surface area contributed by atoms with Crippen LogP contribution >= 0.6 is 0 Å². The molecule has 4 nitrogen and oxygen atoms in total. The largest absolute Gasteiger partial charge is 0.394 e.